The van der Waals surface area contributed by atoms with Crippen LogP contribution in [0.25, 0.3) is 0 Å². The average molecular weight is 427 g/mol. The minimum atomic E-state index is -4.31. The summed E-state index contributed by atoms with van der Waals surface area (Å²) in [7, 11) is 0. The summed E-state index contributed by atoms with van der Waals surface area (Å²) < 4.78 is 43.3. The van der Waals surface area contributed by atoms with Gasteiger partial charge in [0.05, 0.1) is 5.56 Å². The minimum Gasteiger partial charge on any atom is -0.544 e. The first-order chi connectivity index (χ1) is 13.9. The number of carboxylic acids is 1. The van der Waals surface area contributed by atoms with Gasteiger partial charge in [0, 0.05) is 5.92 Å². The molecular weight excluding hydrogens is 402 g/mol. The van der Waals surface area contributed by atoms with Crippen molar-refractivity contribution in [2.45, 2.75) is 70.5 Å². The lowest BCUT2D eigenvalue weighted by atomic mass is 9.83. The molecule has 1 fully saturated rings. The maximum absolute atomic E-state index is 14.2. The second-order valence-corrected chi connectivity index (χ2v) is 8.23. The fraction of sp³-hybridized carbons (Fsp3) is 0.571. The van der Waals surface area contributed by atoms with Gasteiger partial charge in [-0.3, -0.25) is 0 Å². The van der Waals surface area contributed by atoms with Crippen LogP contribution in [0.15, 0.2) is 24.3 Å². The highest BCUT2D eigenvalue weighted by molar-refractivity contribution is 5.90. The van der Waals surface area contributed by atoms with Crippen molar-refractivity contribution in [1.82, 2.24) is 0 Å². The van der Waals surface area contributed by atoms with E-state index in [0.717, 1.165) is 6.42 Å². The number of hydrogen-bond donors (Lipinski definition) is 0. The predicted molar refractivity (Wildman–Crippen MR) is 99.0 cm³/mol. The Morgan fingerprint density at radius 3 is 2.10 bits per heavy atom. The lowest BCUT2D eigenvalue weighted by Crippen LogP contribution is -2.54. The summed E-state index contributed by atoms with van der Waals surface area (Å²) in [6, 6.07) is 4.98. The molecule has 1 aliphatic carbocycles. The van der Waals surface area contributed by atoms with E-state index in [9.17, 15) is 28.3 Å². The number of carboxylic acid groups (broad SMARTS) is 1. The SMILES string of the molecule is CC(C)(C)OC(=O)Oc1ccc(C(=O)OC(C2CCCCC2)C(F)(F)C(=O)[O-])cc1. The van der Waals surface area contributed by atoms with Crippen molar-refractivity contribution in [3.05, 3.63) is 29.8 Å². The normalized spacial score (nSPS) is 16.4. The van der Waals surface area contributed by atoms with E-state index in [2.05, 4.69) is 0 Å². The van der Waals surface area contributed by atoms with E-state index in [1.54, 1.807) is 20.8 Å². The van der Waals surface area contributed by atoms with Gasteiger partial charge < -0.3 is 24.1 Å². The van der Waals surface area contributed by atoms with Gasteiger partial charge in [-0.05, 0) is 57.9 Å². The summed E-state index contributed by atoms with van der Waals surface area (Å²) in [5.41, 5.74) is -0.847. The average Bonchev–Trinajstić information content (AvgIpc) is 2.65. The number of rotatable bonds is 6. The highest BCUT2D eigenvalue weighted by Crippen LogP contribution is 2.36. The number of benzene rings is 1. The molecule has 0 aromatic heterocycles. The Hall–Kier alpha value is -2.71. The van der Waals surface area contributed by atoms with Gasteiger partial charge in [0.15, 0.2) is 6.10 Å². The van der Waals surface area contributed by atoms with Crippen LogP contribution >= 0.6 is 0 Å². The Morgan fingerprint density at radius 1 is 1.03 bits per heavy atom. The van der Waals surface area contributed by atoms with Crippen LogP contribution in [-0.2, 0) is 14.3 Å². The third-order valence-corrected chi connectivity index (χ3v) is 4.62. The Bertz CT molecular complexity index is 763. The molecule has 9 heteroatoms. The molecule has 1 aromatic carbocycles. The fourth-order valence-electron chi connectivity index (χ4n) is 3.23. The number of alkyl halides is 2. The second-order valence-electron chi connectivity index (χ2n) is 8.23. The monoisotopic (exact) mass is 427 g/mol. The molecular formula is C21H25F2O7-. The zero-order valence-electron chi connectivity index (χ0n) is 17.1. The summed E-state index contributed by atoms with van der Waals surface area (Å²) in [6.07, 6.45) is -0.228. The topological polar surface area (TPSA) is 102 Å². The van der Waals surface area contributed by atoms with Gasteiger partial charge in [0.2, 0.25) is 0 Å². The maximum Gasteiger partial charge on any atom is 0.514 e. The largest absolute Gasteiger partial charge is 0.544 e. The van der Waals surface area contributed by atoms with Gasteiger partial charge in [0.25, 0.3) is 0 Å². The van der Waals surface area contributed by atoms with Crippen molar-refractivity contribution in [2.24, 2.45) is 5.92 Å². The van der Waals surface area contributed by atoms with Crippen molar-refractivity contribution in [3.63, 3.8) is 0 Å². The lowest BCUT2D eigenvalue weighted by molar-refractivity contribution is -0.337. The van der Waals surface area contributed by atoms with Gasteiger partial charge in [0.1, 0.15) is 17.3 Å². The smallest absolute Gasteiger partial charge is 0.514 e. The molecule has 0 bridgehead atoms. The molecule has 0 aliphatic heterocycles. The van der Waals surface area contributed by atoms with E-state index < -0.39 is 41.6 Å². The van der Waals surface area contributed by atoms with Crippen molar-refractivity contribution in [2.75, 3.05) is 0 Å². The predicted octanol–water partition coefficient (Wildman–Crippen LogP) is 3.49. The highest BCUT2D eigenvalue weighted by atomic mass is 19.3. The molecule has 0 amide bonds. The third-order valence-electron chi connectivity index (χ3n) is 4.62. The molecule has 0 heterocycles. The van der Waals surface area contributed by atoms with Crippen LogP contribution in [0.3, 0.4) is 0 Å². The quantitative estimate of drug-likeness (QED) is 0.506. The van der Waals surface area contributed by atoms with Crippen LogP contribution in [0.1, 0.15) is 63.2 Å². The van der Waals surface area contributed by atoms with Crippen molar-refractivity contribution >= 4 is 18.1 Å². The Balaban J connectivity index is 2.09. The van der Waals surface area contributed by atoms with Crippen molar-refractivity contribution < 1.29 is 42.5 Å². The number of ether oxygens (including phenoxy) is 3. The molecule has 0 radical (unpaired) electrons. The molecule has 166 valence electrons. The number of carbonyl (C=O) groups is 3. The molecule has 2 rings (SSSR count). The summed E-state index contributed by atoms with van der Waals surface area (Å²) in [4.78, 5) is 35.0. The number of aliphatic carboxylic acids is 1. The van der Waals surface area contributed by atoms with Crippen molar-refractivity contribution in [3.8, 4) is 5.75 Å². The number of carbonyl (C=O) groups excluding carboxylic acids is 3. The minimum absolute atomic E-state index is 0.0738. The molecule has 30 heavy (non-hydrogen) atoms. The van der Waals surface area contributed by atoms with Crippen LogP contribution in [0, 0.1) is 5.92 Å². The molecule has 0 N–H and O–H groups in total. The van der Waals surface area contributed by atoms with Gasteiger partial charge in [-0.2, -0.15) is 8.78 Å². The van der Waals surface area contributed by atoms with Gasteiger partial charge in [-0.1, -0.05) is 19.3 Å². The number of esters is 1. The molecule has 1 unspecified atom stereocenters. The first kappa shape index (κ1) is 23.6. The van der Waals surface area contributed by atoms with Crippen LogP contribution in [0.5, 0.6) is 5.75 Å². The van der Waals surface area contributed by atoms with E-state index >= 15 is 0 Å². The Labute approximate surface area is 173 Å². The number of halogens is 2. The summed E-state index contributed by atoms with van der Waals surface area (Å²) in [6.45, 7) is 5.00. The molecule has 1 aliphatic rings. The van der Waals surface area contributed by atoms with E-state index in [1.165, 1.54) is 24.3 Å². The second kappa shape index (κ2) is 9.40. The van der Waals surface area contributed by atoms with E-state index in [4.69, 9.17) is 14.2 Å². The zero-order chi connectivity index (χ0) is 22.5. The number of hydrogen-bond acceptors (Lipinski definition) is 7. The van der Waals surface area contributed by atoms with Gasteiger partial charge >= 0.3 is 18.0 Å². The zero-order valence-corrected chi connectivity index (χ0v) is 17.1. The molecule has 1 aromatic rings. The van der Waals surface area contributed by atoms with E-state index in [-0.39, 0.29) is 11.3 Å². The third kappa shape index (κ3) is 6.40. The van der Waals surface area contributed by atoms with Crippen LogP contribution in [0.4, 0.5) is 13.6 Å². The standard InChI is InChI=1S/C21H26F2O7/c1-20(2,3)30-19(27)28-15-11-9-14(10-12-15)17(24)29-16(21(22,23)18(25)26)13-7-5-4-6-8-13/h9-13,16H,4-8H2,1-3H3,(H,25,26)/p-1. The van der Waals surface area contributed by atoms with Gasteiger partial charge in [-0.25, -0.2) is 9.59 Å². The Kier molecular flexibility index (Phi) is 7.39. The molecule has 7 nitrogen and oxygen atoms in total. The van der Waals surface area contributed by atoms with Gasteiger partial charge in [-0.15, -0.1) is 0 Å². The molecule has 0 saturated heterocycles. The van der Waals surface area contributed by atoms with Crippen LogP contribution in [-0.4, -0.2) is 35.7 Å². The summed E-state index contributed by atoms with van der Waals surface area (Å²) in [5.74, 6) is -8.69. The highest BCUT2D eigenvalue weighted by Gasteiger charge is 2.48. The van der Waals surface area contributed by atoms with E-state index in [0.29, 0.717) is 25.7 Å². The first-order valence-electron chi connectivity index (χ1n) is 9.71. The molecule has 0 spiro atoms. The van der Waals surface area contributed by atoms with E-state index in [1.807, 2.05) is 0 Å². The van der Waals surface area contributed by atoms with Crippen LogP contribution in [0.2, 0.25) is 0 Å². The summed E-state index contributed by atoms with van der Waals surface area (Å²) >= 11 is 0. The summed E-state index contributed by atoms with van der Waals surface area (Å²) in [5, 5.41) is 11.0. The fourth-order valence-corrected chi connectivity index (χ4v) is 3.23. The molecule has 1 atom stereocenters. The maximum atomic E-state index is 14.2. The Morgan fingerprint density at radius 2 is 1.60 bits per heavy atom. The first-order valence-corrected chi connectivity index (χ1v) is 9.71. The van der Waals surface area contributed by atoms with Crippen molar-refractivity contribution in [1.29, 1.82) is 0 Å². The lowest BCUT2D eigenvalue weighted by Gasteiger charge is -2.35. The molecule has 1 saturated carbocycles. The van der Waals surface area contributed by atoms with Crippen LogP contribution < -0.4 is 9.84 Å².